The zero-order valence-corrected chi connectivity index (χ0v) is 18.3. The molecule has 1 aromatic carbocycles. The van der Waals surface area contributed by atoms with E-state index in [9.17, 15) is 9.59 Å². The van der Waals surface area contributed by atoms with Crippen molar-refractivity contribution in [2.75, 3.05) is 54.4 Å². The fourth-order valence-electron chi connectivity index (χ4n) is 3.75. The van der Waals surface area contributed by atoms with Crippen LogP contribution in [0.15, 0.2) is 47.5 Å². The van der Waals surface area contributed by atoms with Gasteiger partial charge in [0.2, 0.25) is 0 Å². The minimum Gasteiger partial charge on any atom is -0.442 e. The van der Waals surface area contributed by atoms with Gasteiger partial charge in [-0.25, -0.2) is 25.2 Å². The summed E-state index contributed by atoms with van der Waals surface area (Å²) in [5.74, 6) is 5.56. The largest absolute Gasteiger partial charge is 0.442 e. The van der Waals surface area contributed by atoms with E-state index in [-0.39, 0.29) is 13.1 Å². The lowest BCUT2D eigenvalue weighted by Gasteiger charge is -2.24. The van der Waals surface area contributed by atoms with Crippen LogP contribution in [0, 0.1) is 5.82 Å². The number of nitrogens with zero attached hydrogens (tertiary/aromatic N) is 5. The van der Waals surface area contributed by atoms with Gasteiger partial charge in [0.25, 0.3) is 0 Å². The molecule has 2 aromatic rings. The van der Waals surface area contributed by atoms with Crippen molar-refractivity contribution in [1.82, 2.24) is 20.6 Å². The minimum atomic E-state index is -0.574. The van der Waals surface area contributed by atoms with Crippen LogP contribution in [0.4, 0.5) is 31.2 Å². The fourth-order valence-corrected chi connectivity index (χ4v) is 3.75. The van der Waals surface area contributed by atoms with E-state index in [1.165, 1.54) is 45.7 Å². The van der Waals surface area contributed by atoms with E-state index in [1.54, 1.807) is 12.1 Å². The molecule has 3 amide bonds. The zero-order valence-electron chi connectivity index (χ0n) is 18.3. The predicted molar refractivity (Wildman–Crippen MR) is 121 cm³/mol. The van der Waals surface area contributed by atoms with Crippen LogP contribution in [0.3, 0.4) is 0 Å². The van der Waals surface area contributed by atoms with Crippen molar-refractivity contribution in [2.45, 2.75) is 6.10 Å². The highest BCUT2D eigenvalue weighted by Gasteiger charge is 2.33. The van der Waals surface area contributed by atoms with Crippen LogP contribution in [0.25, 0.3) is 0 Å². The van der Waals surface area contributed by atoms with E-state index in [1.807, 2.05) is 4.90 Å². The molecule has 0 radical (unpaired) electrons. The Bertz CT molecular complexity index is 1040. The SMILES string of the molecule is NC=CN(N)CC1CN(c2ccc(N3CCNN(C(=O)Nc4ccon4)CC3)c(F)c2)C(=O)O1. The number of anilines is 3. The molecule has 182 valence electrons. The second-order valence-electron chi connectivity index (χ2n) is 7.65. The van der Waals surface area contributed by atoms with Gasteiger partial charge in [-0.1, -0.05) is 5.16 Å². The van der Waals surface area contributed by atoms with Crippen LogP contribution < -0.4 is 32.1 Å². The molecular formula is C20H26FN9O4. The third kappa shape index (κ3) is 5.29. The Morgan fingerprint density at radius 3 is 2.94 bits per heavy atom. The van der Waals surface area contributed by atoms with Crippen molar-refractivity contribution in [3.05, 3.63) is 48.7 Å². The van der Waals surface area contributed by atoms with Gasteiger partial charge in [-0.05, 0) is 18.2 Å². The van der Waals surface area contributed by atoms with Crippen LogP contribution in [-0.4, -0.2) is 72.7 Å². The number of hydrazine groups is 2. The van der Waals surface area contributed by atoms with Gasteiger partial charge < -0.3 is 24.9 Å². The number of halogens is 1. The quantitative estimate of drug-likeness (QED) is 0.344. The highest BCUT2D eigenvalue weighted by atomic mass is 19.1. The molecule has 0 aliphatic carbocycles. The summed E-state index contributed by atoms with van der Waals surface area (Å²) in [4.78, 5) is 27.9. The van der Waals surface area contributed by atoms with Gasteiger partial charge in [-0.3, -0.25) is 15.2 Å². The van der Waals surface area contributed by atoms with Gasteiger partial charge in [0.15, 0.2) is 5.82 Å². The normalized spacial score (nSPS) is 18.8. The van der Waals surface area contributed by atoms with Gasteiger partial charge >= 0.3 is 12.1 Å². The Kier molecular flexibility index (Phi) is 6.98. The lowest BCUT2D eigenvalue weighted by atomic mass is 10.2. The lowest BCUT2D eigenvalue weighted by Crippen LogP contribution is -2.46. The number of urea groups is 1. The van der Waals surface area contributed by atoms with E-state index >= 15 is 4.39 Å². The first kappa shape index (κ1) is 23.1. The van der Waals surface area contributed by atoms with E-state index in [2.05, 4.69) is 15.9 Å². The molecule has 6 N–H and O–H groups in total. The first-order valence-electron chi connectivity index (χ1n) is 10.6. The summed E-state index contributed by atoms with van der Waals surface area (Å²) in [6.45, 7) is 2.06. The summed E-state index contributed by atoms with van der Waals surface area (Å²) in [5.41, 5.74) is 9.06. The third-order valence-corrected chi connectivity index (χ3v) is 5.35. The molecular weight excluding hydrogens is 449 g/mol. The van der Waals surface area contributed by atoms with Crippen molar-refractivity contribution in [2.24, 2.45) is 11.6 Å². The van der Waals surface area contributed by atoms with E-state index < -0.39 is 24.0 Å². The topological polar surface area (TPSA) is 158 Å². The Morgan fingerprint density at radius 2 is 2.21 bits per heavy atom. The van der Waals surface area contributed by atoms with Crippen molar-refractivity contribution >= 4 is 29.3 Å². The smallest absolute Gasteiger partial charge is 0.414 e. The van der Waals surface area contributed by atoms with Gasteiger partial charge in [0.1, 0.15) is 18.2 Å². The van der Waals surface area contributed by atoms with E-state index in [0.717, 1.165) is 0 Å². The average molecular weight is 475 g/mol. The molecule has 1 atom stereocenters. The summed E-state index contributed by atoms with van der Waals surface area (Å²) in [6, 6.07) is 5.71. The second-order valence-corrected chi connectivity index (χ2v) is 7.65. The van der Waals surface area contributed by atoms with Crippen LogP contribution in [0.2, 0.25) is 0 Å². The number of rotatable bonds is 6. The predicted octanol–water partition coefficient (Wildman–Crippen LogP) is 0.603. The summed E-state index contributed by atoms with van der Waals surface area (Å²) in [6.07, 6.45) is 3.04. The maximum absolute atomic E-state index is 15.1. The molecule has 0 bridgehead atoms. The number of hydrogen-bond acceptors (Lipinski definition) is 10. The number of hydrogen-bond donors (Lipinski definition) is 4. The molecule has 2 aliphatic rings. The molecule has 13 nitrogen and oxygen atoms in total. The van der Waals surface area contributed by atoms with E-state index in [4.69, 9.17) is 20.8 Å². The maximum Gasteiger partial charge on any atom is 0.414 e. The molecule has 4 rings (SSSR count). The van der Waals surface area contributed by atoms with Gasteiger partial charge in [-0.15, -0.1) is 0 Å². The minimum absolute atomic E-state index is 0.229. The molecule has 0 spiro atoms. The number of carbonyl (C=O) groups is 2. The Balaban J connectivity index is 1.37. The van der Waals surface area contributed by atoms with Crippen LogP contribution in [0.1, 0.15) is 0 Å². The van der Waals surface area contributed by atoms with Crippen molar-refractivity contribution in [1.29, 1.82) is 0 Å². The fraction of sp³-hybridized carbons (Fsp3) is 0.350. The number of nitrogens with one attached hydrogen (secondary N) is 2. The molecule has 2 aliphatic heterocycles. The number of aromatic nitrogens is 1. The summed E-state index contributed by atoms with van der Waals surface area (Å²) < 4.78 is 25.1. The summed E-state index contributed by atoms with van der Waals surface area (Å²) in [5, 5.41) is 8.97. The number of nitrogens with two attached hydrogens (primary N) is 2. The summed E-state index contributed by atoms with van der Waals surface area (Å²) in [7, 11) is 0. The van der Waals surface area contributed by atoms with Crippen LogP contribution >= 0.6 is 0 Å². The second kappa shape index (κ2) is 10.3. The monoisotopic (exact) mass is 475 g/mol. The first-order chi connectivity index (χ1) is 16.4. The average Bonchev–Trinajstić information content (AvgIpc) is 3.36. The highest BCUT2D eigenvalue weighted by molar-refractivity contribution is 5.90. The Labute approximate surface area is 194 Å². The maximum atomic E-state index is 15.1. The molecule has 3 heterocycles. The molecule has 2 saturated heterocycles. The standard InChI is InChI=1S/C20H26FN9O4/c21-16-11-14(29-13-15(34-20(29)32)12-28(23)6-4-22)1-2-17(16)27-7-5-24-30(9-8-27)19(31)25-18-3-10-33-26-18/h1-4,6,10-11,15,24H,5,7-9,12-13,22-23H2,(H,25,26,31). The van der Waals surface area contributed by atoms with Crippen molar-refractivity contribution in [3.8, 4) is 0 Å². The number of cyclic esters (lactones) is 1. The first-order valence-corrected chi connectivity index (χ1v) is 10.6. The van der Waals surface area contributed by atoms with Crippen molar-refractivity contribution < 1.29 is 23.2 Å². The zero-order chi connectivity index (χ0) is 24.1. The van der Waals surface area contributed by atoms with Gasteiger partial charge in [0.05, 0.1) is 31.0 Å². The van der Waals surface area contributed by atoms with Gasteiger partial charge in [-0.2, -0.15) is 0 Å². The van der Waals surface area contributed by atoms with Crippen LogP contribution in [-0.2, 0) is 4.74 Å². The summed E-state index contributed by atoms with van der Waals surface area (Å²) >= 11 is 0. The lowest BCUT2D eigenvalue weighted by molar-refractivity contribution is 0.122. The molecule has 34 heavy (non-hydrogen) atoms. The molecule has 1 unspecified atom stereocenters. The van der Waals surface area contributed by atoms with E-state index in [0.29, 0.717) is 43.4 Å². The third-order valence-electron chi connectivity index (χ3n) is 5.35. The Morgan fingerprint density at radius 1 is 1.35 bits per heavy atom. The number of benzene rings is 1. The number of ether oxygens (including phenoxy) is 1. The number of amides is 3. The Hall–Kier alpha value is -4.04. The number of carbonyl (C=O) groups excluding carboxylic acids is 2. The molecule has 2 fully saturated rings. The highest BCUT2D eigenvalue weighted by Crippen LogP contribution is 2.28. The van der Waals surface area contributed by atoms with Gasteiger partial charge in [0, 0.05) is 38.1 Å². The van der Waals surface area contributed by atoms with Crippen molar-refractivity contribution in [3.63, 3.8) is 0 Å². The van der Waals surface area contributed by atoms with Crippen LogP contribution in [0.5, 0.6) is 0 Å². The molecule has 0 saturated carbocycles. The molecule has 14 heteroatoms. The molecule has 1 aromatic heterocycles.